The highest BCUT2D eigenvalue weighted by molar-refractivity contribution is 5.32. The van der Waals surface area contributed by atoms with E-state index < -0.39 is 0 Å². The van der Waals surface area contributed by atoms with Gasteiger partial charge in [0.05, 0.1) is 6.10 Å². The second-order valence-corrected chi connectivity index (χ2v) is 5.44. The topological polar surface area (TPSA) is 23.5 Å². The largest absolute Gasteiger partial charge is 0.387 e. The van der Waals surface area contributed by atoms with Crippen LogP contribution in [0, 0.1) is 0 Å². The van der Waals surface area contributed by atoms with E-state index in [0.29, 0.717) is 0 Å². The first kappa shape index (κ1) is 13.6. The Morgan fingerprint density at radius 1 is 1.28 bits per heavy atom. The van der Waals surface area contributed by atoms with E-state index in [1.807, 2.05) is 6.07 Å². The van der Waals surface area contributed by atoms with Gasteiger partial charge in [-0.15, -0.1) is 0 Å². The minimum absolute atomic E-state index is 0.289. The van der Waals surface area contributed by atoms with Gasteiger partial charge in [0.25, 0.3) is 0 Å². The monoisotopic (exact) mass is 247 g/mol. The molecule has 0 heterocycles. The normalized spacial score (nSPS) is 23.1. The van der Waals surface area contributed by atoms with Crippen molar-refractivity contribution in [3.63, 3.8) is 0 Å². The number of hydrogen-bond acceptors (Lipinski definition) is 2. The summed E-state index contributed by atoms with van der Waals surface area (Å²) in [7, 11) is 2.15. The summed E-state index contributed by atoms with van der Waals surface area (Å²) in [6.07, 6.45) is 5.61. The van der Waals surface area contributed by atoms with Crippen molar-refractivity contribution >= 4 is 0 Å². The highest BCUT2D eigenvalue weighted by Gasteiger charge is 2.29. The molecule has 1 N–H and O–H groups in total. The molecule has 1 aromatic carbocycles. The van der Waals surface area contributed by atoms with Crippen LogP contribution in [-0.2, 0) is 6.42 Å². The number of nitrogens with zero attached hydrogens (tertiary/aromatic N) is 1. The van der Waals surface area contributed by atoms with Gasteiger partial charge in [-0.2, -0.15) is 0 Å². The third kappa shape index (κ3) is 2.93. The van der Waals surface area contributed by atoms with Crippen LogP contribution in [0.5, 0.6) is 0 Å². The SMILES string of the molecule is CCCCCN(C)C1CCc2ccccc2C1O. The number of hydrogen-bond donors (Lipinski definition) is 1. The summed E-state index contributed by atoms with van der Waals surface area (Å²) in [6, 6.07) is 8.60. The van der Waals surface area contributed by atoms with Gasteiger partial charge in [0.15, 0.2) is 0 Å². The molecular formula is C16H25NO. The summed E-state index contributed by atoms with van der Waals surface area (Å²) in [4.78, 5) is 2.34. The third-order valence-corrected chi connectivity index (χ3v) is 4.13. The predicted molar refractivity (Wildman–Crippen MR) is 75.7 cm³/mol. The number of unbranched alkanes of at least 4 members (excludes halogenated alkanes) is 2. The van der Waals surface area contributed by atoms with E-state index in [4.69, 9.17) is 0 Å². The summed E-state index contributed by atoms with van der Waals surface area (Å²) >= 11 is 0. The average molecular weight is 247 g/mol. The van der Waals surface area contributed by atoms with Crippen molar-refractivity contribution in [2.24, 2.45) is 0 Å². The van der Waals surface area contributed by atoms with E-state index in [0.717, 1.165) is 24.9 Å². The van der Waals surface area contributed by atoms with Crippen molar-refractivity contribution in [3.05, 3.63) is 35.4 Å². The summed E-state index contributed by atoms with van der Waals surface area (Å²) in [6.45, 7) is 3.32. The first-order valence-electron chi connectivity index (χ1n) is 7.20. The molecule has 0 bridgehead atoms. The Morgan fingerprint density at radius 2 is 2.06 bits per heavy atom. The summed E-state index contributed by atoms with van der Waals surface area (Å²) < 4.78 is 0. The Morgan fingerprint density at radius 3 is 2.83 bits per heavy atom. The summed E-state index contributed by atoms with van der Waals surface area (Å²) in [5.74, 6) is 0. The van der Waals surface area contributed by atoms with Gasteiger partial charge in [0.2, 0.25) is 0 Å². The molecule has 2 heteroatoms. The fourth-order valence-corrected chi connectivity index (χ4v) is 2.96. The predicted octanol–water partition coefficient (Wildman–Crippen LogP) is 3.16. The van der Waals surface area contributed by atoms with E-state index in [2.05, 4.69) is 37.1 Å². The second-order valence-electron chi connectivity index (χ2n) is 5.44. The van der Waals surface area contributed by atoms with Crippen molar-refractivity contribution in [2.45, 2.75) is 51.2 Å². The maximum Gasteiger partial charge on any atom is 0.0947 e. The summed E-state index contributed by atoms with van der Waals surface area (Å²) in [5.41, 5.74) is 2.46. The van der Waals surface area contributed by atoms with Gasteiger partial charge < -0.3 is 10.0 Å². The van der Waals surface area contributed by atoms with Crippen LogP contribution in [0.1, 0.15) is 49.8 Å². The highest BCUT2D eigenvalue weighted by atomic mass is 16.3. The van der Waals surface area contributed by atoms with Crippen LogP contribution >= 0.6 is 0 Å². The van der Waals surface area contributed by atoms with Gasteiger partial charge in [0, 0.05) is 6.04 Å². The van der Waals surface area contributed by atoms with Crippen molar-refractivity contribution in [1.82, 2.24) is 4.90 Å². The molecule has 0 saturated heterocycles. The lowest BCUT2D eigenvalue weighted by molar-refractivity contribution is 0.0492. The molecule has 2 atom stereocenters. The highest BCUT2D eigenvalue weighted by Crippen LogP contribution is 2.32. The Bertz CT molecular complexity index is 377. The molecule has 1 aliphatic carbocycles. The maximum absolute atomic E-state index is 10.5. The lowest BCUT2D eigenvalue weighted by Gasteiger charge is -2.36. The molecule has 1 aromatic rings. The Kier molecular flexibility index (Phi) is 4.79. The van der Waals surface area contributed by atoms with Gasteiger partial charge >= 0.3 is 0 Å². The smallest absolute Gasteiger partial charge is 0.0947 e. The van der Waals surface area contributed by atoms with E-state index in [1.54, 1.807) is 0 Å². The zero-order valence-electron chi connectivity index (χ0n) is 11.6. The second kappa shape index (κ2) is 6.35. The van der Waals surface area contributed by atoms with E-state index in [1.165, 1.54) is 24.8 Å². The number of aryl methyl sites for hydroxylation is 1. The molecule has 2 rings (SSSR count). The zero-order valence-corrected chi connectivity index (χ0v) is 11.6. The molecule has 2 unspecified atom stereocenters. The van der Waals surface area contributed by atoms with Gasteiger partial charge in [-0.05, 0) is 44.0 Å². The number of fused-ring (bicyclic) bond motifs is 1. The zero-order chi connectivity index (χ0) is 13.0. The van der Waals surface area contributed by atoms with Crippen LogP contribution in [0.15, 0.2) is 24.3 Å². The van der Waals surface area contributed by atoms with Crippen molar-refractivity contribution in [1.29, 1.82) is 0 Å². The third-order valence-electron chi connectivity index (χ3n) is 4.13. The number of benzene rings is 1. The molecule has 0 radical (unpaired) electrons. The van der Waals surface area contributed by atoms with Gasteiger partial charge in [-0.25, -0.2) is 0 Å². The first-order chi connectivity index (χ1) is 8.74. The molecule has 0 spiro atoms. The standard InChI is InChI=1S/C16H25NO/c1-3-4-7-12-17(2)15-11-10-13-8-5-6-9-14(13)16(15)18/h5-6,8-9,15-16,18H,3-4,7,10-12H2,1-2H3. The van der Waals surface area contributed by atoms with E-state index in [9.17, 15) is 5.11 Å². The van der Waals surface area contributed by atoms with Crippen LogP contribution in [0.2, 0.25) is 0 Å². The molecule has 0 aromatic heterocycles. The molecule has 100 valence electrons. The van der Waals surface area contributed by atoms with Crippen LogP contribution < -0.4 is 0 Å². The van der Waals surface area contributed by atoms with Crippen molar-refractivity contribution in [2.75, 3.05) is 13.6 Å². The Balaban J connectivity index is 2.00. The van der Waals surface area contributed by atoms with Crippen molar-refractivity contribution in [3.8, 4) is 0 Å². The Labute approximate surface area is 111 Å². The van der Waals surface area contributed by atoms with Crippen molar-refractivity contribution < 1.29 is 5.11 Å². The van der Waals surface area contributed by atoms with Crippen LogP contribution in [0.25, 0.3) is 0 Å². The number of likely N-dealkylation sites (N-methyl/N-ethyl adjacent to an activating group) is 1. The lowest BCUT2D eigenvalue weighted by Crippen LogP contribution is -2.40. The van der Waals surface area contributed by atoms with Crippen LogP contribution in [0.4, 0.5) is 0 Å². The number of rotatable bonds is 5. The number of aliphatic hydroxyl groups is 1. The summed E-state index contributed by atoms with van der Waals surface area (Å²) in [5, 5.41) is 10.5. The molecule has 0 fully saturated rings. The fourth-order valence-electron chi connectivity index (χ4n) is 2.96. The quantitative estimate of drug-likeness (QED) is 0.808. The molecule has 0 saturated carbocycles. The van der Waals surface area contributed by atoms with E-state index >= 15 is 0 Å². The van der Waals surface area contributed by atoms with Gasteiger partial charge in [-0.1, -0.05) is 44.0 Å². The number of aliphatic hydroxyl groups excluding tert-OH is 1. The molecule has 0 amide bonds. The van der Waals surface area contributed by atoms with Crippen LogP contribution in [0.3, 0.4) is 0 Å². The van der Waals surface area contributed by atoms with Crippen LogP contribution in [-0.4, -0.2) is 29.6 Å². The van der Waals surface area contributed by atoms with E-state index in [-0.39, 0.29) is 12.1 Å². The first-order valence-corrected chi connectivity index (χ1v) is 7.20. The average Bonchev–Trinajstić information content (AvgIpc) is 2.39. The molecule has 18 heavy (non-hydrogen) atoms. The molecule has 2 nitrogen and oxygen atoms in total. The molecular weight excluding hydrogens is 222 g/mol. The maximum atomic E-state index is 10.5. The lowest BCUT2D eigenvalue weighted by atomic mass is 9.85. The molecule has 1 aliphatic rings. The fraction of sp³-hybridized carbons (Fsp3) is 0.625. The Hall–Kier alpha value is -0.860. The molecule has 0 aliphatic heterocycles. The van der Waals surface area contributed by atoms with Gasteiger partial charge in [-0.3, -0.25) is 0 Å². The minimum Gasteiger partial charge on any atom is -0.387 e. The van der Waals surface area contributed by atoms with Gasteiger partial charge in [0.1, 0.15) is 0 Å². The minimum atomic E-state index is -0.318.